The van der Waals surface area contributed by atoms with Gasteiger partial charge in [-0.1, -0.05) is 0 Å². The van der Waals surface area contributed by atoms with Gasteiger partial charge in [-0.25, -0.2) is 4.68 Å². The van der Waals surface area contributed by atoms with Gasteiger partial charge in [-0.2, -0.15) is 20.1 Å². The lowest BCUT2D eigenvalue weighted by atomic mass is 10.5. The van der Waals surface area contributed by atoms with Crippen molar-refractivity contribution in [3.63, 3.8) is 0 Å². The van der Waals surface area contributed by atoms with Crippen LogP contribution in [0.15, 0.2) is 34.4 Å². The van der Waals surface area contributed by atoms with Crippen LogP contribution in [0.1, 0.15) is 4.88 Å². The van der Waals surface area contributed by atoms with Gasteiger partial charge in [0.15, 0.2) is 0 Å². The van der Waals surface area contributed by atoms with Crippen LogP contribution in [-0.4, -0.2) is 24.7 Å². The Morgan fingerprint density at radius 1 is 1.30 bits per heavy atom. The third kappa shape index (κ3) is 3.14. The van der Waals surface area contributed by atoms with Gasteiger partial charge in [-0.3, -0.25) is 0 Å². The van der Waals surface area contributed by atoms with Crippen molar-refractivity contribution in [2.24, 2.45) is 0 Å². The van der Waals surface area contributed by atoms with Gasteiger partial charge in [-0.05, 0) is 45.7 Å². The van der Waals surface area contributed by atoms with Gasteiger partial charge >= 0.3 is 0 Å². The number of nitrogens with zero attached hydrogens (tertiary/aromatic N) is 5. The molecule has 20 heavy (non-hydrogen) atoms. The molecule has 0 radical (unpaired) electrons. The number of nitrogens with one attached hydrogen (secondary N) is 1. The third-order valence-electron chi connectivity index (χ3n) is 2.36. The molecule has 0 aliphatic rings. The molecule has 9 heteroatoms. The highest BCUT2D eigenvalue weighted by Crippen LogP contribution is 2.22. The smallest absolute Gasteiger partial charge is 0.256 e. The molecule has 1 N–H and O–H groups in total. The van der Waals surface area contributed by atoms with Crippen LogP contribution in [0.5, 0.6) is 0 Å². The summed E-state index contributed by atoms with van der Waals surface area (Å²) in [5, 5.41) is 7.31. The van der Waals surface area contributed by atoms with Crippen LogP contribution in [0.4, 0.5) is 5.95 Å². The first-order valence-electron chi connectivity index (χ1n) is 5.60. The van der Waals surface area contributed by atoms with Crippen molar-refractivity contribution >= 4 is 44.8 Å². The number of hydrogen-bond donors (Lipinski definition) is 1. The van der Waals surface area contributed by atoms with Gasteiger partial charge in [0.05, 0.1) is 10.3 Å². The van der Waals surface area contributed by atoms with Crippen LogP contribution in [0.25, 0.3) is 5.95 Å². The maximum atomic E-state index is 5.90. The van der Waals surface area contributed by atoms with Crippen molar-refractivity contribution in [2.45, 2.75) is 6.54 Å². The normalized spacial score (nSPS) is 10.7. The van der Waals surface area contributed by atoms with Gasteiger partial charge in [0.25, 0.3) is 5.95 Å². The van der Waals surface area contributed by atoms with E-state index < -0.39 is 0 Å². The molecule has 0 saturated heterocycles. The molecule has 3 aromatic rings. The molecule has 0 amide bonds. The fraction of sp³-hybridized carbons (Fsp3) is 0.0909. The molecule has 0 fully saturated rings. The van der Waals surface area contributed by atoms with E-state index in [0.29, 0.717) is 18.4 Å². The second-order valence-electron chi connectivity index (χ2n) is 3.74. The first-order chi connectivity index (χ1) is 9.70. The number of rotatable bonds is 4. The monoisotopic (exact) mass is 370 g/mol. The molecule has 3 heterocycles. The van der Waals surface area contributed by atoms with Crippen LogP contribution < -0.4 is 5.32 Å². The lowest BCUT2D eigenvalue weighted by Crippen LogP contribution is -2.08. The SMILES string of the molecule is Clc1nc(NCc2ccc(Br)s2)nc(-n2cccn2)n1. The summed E-state index contributed by atoms with van der Waals surface area (Å²) in [6.45, 7) is 0.620. The first-order valence-corrected chi connectivity index (χ1v) is 7.59. The maximum Gasteiger partial charge on any atom is 0.256 e. The Kier molecular flexibility index (Phi) is 3.95. The van der Waals surface area contributed by atoms with Gasteiger partial charge in [-0.15, -0.1) is 11.3 Å². The van der Waals surface area contributed by atoms with Crippen molar-refractivity contribution in [3.8, 4) is 5.95 Å². The zero-order valence-corrected chi connectivity index (χ0v) is 13.2. The van der Waals surface area contributed by atoms with Crippen LogP contribution in [-0.2, 0) is 6.54 Å². The predicted molar refractivity (Wildman–Crippen MR) is 81.3 cm³/mol. The van der Waals surface area contributed by atoms with Crippen molar-refractivity contribution in [3.05, 3.63) is 44.5 Å². The molecule has 0 saturated carbocycles. The third-order valence-corrected chi connectivity index (χ3v) is 4.15. The van der Waals surface area contributed by atoms with Gasteiger partial charge in [0, 0.05) is 17.3 Å². The highest BCUT2D eigenvalue weighted by Gasteiger charge is 2.07. The van der Waals surface area contributed by atoms with Gasteiger partial charge in [0.1, 0.15) is 0 Å². The molecule has 0 aliphatic heterocycles. The fourth-order valence-corrected chi connectivity index (χ4v) is 3.10. The highest BCUT2D eigenvalue weighted by molar-refractivity contribution is 9.11. The second kappa shape index (κ2) is 5.86. The Morgan fingerprint density at radius 2 is 2.20 bits per heavy atom. The Bertz CT molecular complexity index is 714. The van der Waals surface area contributed by atoms with Crippen LogP contribution in [0.3, 0.4) is 0 Å². The summed E-state index contributed by atoms with van der Waals surface area (Å²) >= 11 is 11.0. The van der Waals surface area contributed by atoms with Crippen LogP contribution in [0.2, 0.25) is 5.28 Å². The number of halogens is 2. The topological polar surface area (TPSA) is 68.5 Å². The maximum absolute atomic E-state index is 5.90. The summed E-state index contributed by atoms with van der Waals surface area (Å²) in [7, 11) is 0. The highest BCUT2D eigenvalue weighted by atomic mass is 79.9. The van der Waals surface area contributed by atoms with Crippen molar-refractivity contribution in [1.82, 2.24) is 24.7 Å². The Labute approximate surface area is 132 Å². The summed E-state index contributed by atoms with van der Waals surface area (Å²) in [6, 6.07) is 5.81. The van der Waals surface area contributed by atoms with E-state index in [2.05, 4.69) is 41.3 Å². The largest absolute Gasteiger partial charge is 0.349 e. The molecule has 0 aliphatic carbocycles. The number of thiophene rings is 1. The van der Waals surface area contributed by atoms with E-state index in [1.807, 2.05) is 12.1 Å². The molecule has 3 rings (SSSR count). The molecule has 3 aromatic heterocycles. The summed E-state index contributed by atoms with van der Waals surface area (Å²) in [6.07, 6.45) is 3.39. The Morgan fingerprint density at radius 3 is 2.90 bits per heavy atom. The van der Waals surface area contributed by atoms with Gasteiger partial charge in [0.2, 0.25) is 11.2 Å². The molecule has 102 valence electrons. The van der Waals surface area contributed by atoms with E-state index in [4.69, 9.17) is 11.6 Å². The molecule has 0 unspecified atom stereocenters. The standard InChI is InChI=1S/C11H8BrClN6S/c12-8-3-2-7(20-8)6-14-10-16-9(13)17-11(18-10)19-5-1-4-15-19/h1-5H,6H2,(H,14,16,17,18). The molecule has 0 spiro atoms. The minimum Gasteiger partial charge on any atom is -0.349 e. The van der Waals surface area contributed by atoms with Crippen molar-refractivity contribution in [2.75, 3.05) is 5.32 Å². The zero-order chi connectivity index (χ0) is 13.9. The van der Waals surface area contributed by atoms with E-state index in [1.165, 1.54) is 4.68 Å². The van der Waals surface area contributed by atoms with E-state index in [9.17, 15) is 0 Å². The molecule has 0 atom stereocenters. The molecular weight excluding hydrogens is 364 g/mol. The summed E-state index contributed by atoms with van der Waals surface area (Å²) in [5.74, 6) is 0.796. The van der Waals surface area contributed by atoms with E-state index in [1.54, 1.807) is 29.8 Å². The quantitative estimate of drug-likeness (QED) is 0.763. The summed E-state index contributed by atoms with van der Waals surface area (Å²) in [4.78, 5) is 13.5. The lowest BCUT2D eigenvalue weighted by molar-refractivity contribution is 0.795. The summed E-state index contributed by atoms with van der Waals surface area (Å²) < 4.78 is 2.61. The molecular formula is C11H8BrClN6S. The van der Waals surface area contributed by atoms with Crippen molar-refractivity contribution < 1.29 is 0 Å². The van der Waals surface area contributed by atoms with E-state index in [0.717, 1.165) is 8.66 Å². The lowest BCUT2D eigenvalue weighted by Gasteiger charge is -2.05. The molecule has 0 aromatic carbocycles. The number of aromatic nitrogens is 5. The fourth-order valence-electron chi connectivity index (χ4n) is 1.52. The minimum absolute atomic E-state index is 0.125. The average Bonchev–Trinajstić information content (AvgIpc) is 3.07. The Balaban J connectivity index is 1.79. The van der Waals surface area contributed by atoms with Crippen molar-refractivity contribution in [1.29, 1.82) is 0 Å². The Hall–Kier alpha value is -1.51. The average molecular weight is 372 g/mol. The van der Waals surface area contributed by atoms with E-state index in [-0.39, 0.29) is 5.28 Å². The zero-order valence-electron chi connectivity index (χ0n) is 9.99. The minimum atomic E-state index is 0.125. The van der Waals surface area contributed by atoms with E-state index >= 15 is 0 Å². The summed E-state index contributed by atoms with van der Waals surface area (Å²) in [5.41, 5.74) is 0. The predicted octanol–water partition coefficient (Wildman–Crippen LogP) is 3.15. The van der Waals surface area contributed by atoms with Crippen LogP contribution >= 0.6 is 38.9 Å². The van der Waals surface area contributed by atoms with Crippen LogP contribution in [0, 0.1) is 0 Å². The van der Waals surface area contributed by atoms with Gasteiger partial charge < -0.3 is 5.32 Å². The molecule has 0 bridgehead atoms. The number of hydrogen-bond acceptors (Lipinski definition) is 6. The second-order valence-corrected chi connectivity index (χ2v) is 6.62. The molecule has 6 nitrogen and oxygen atoms in total. The number of anilines is 1. The first kappa shape index (κ1) is 13.5.